The number of aliphatic hydroxyl groups excluding tert-OH is 1. The van der Waals surface area contributed by atoms with Crippen LogP contribution < -0.4 is 4.74 Å². The van der Waals surface area contributed by atoms with Crippen LogP contribution in [-0.2, 0) is 11.8 Å². The van der Waals surface area contributed by atoms with Crippen LogP contribution in [0.3, 0.4) is 0 Å². The van der Waals surface area contributed by atoms with Gasteiger partial charge in [0.2, 0.25) is 0 Å². The van der Waals surface area contributed by atoms with Gasteiger partial charge in [0.05, 0.1) is 11.5 Å². The van der Waals surface area contributed by atoms with E-state index in [0.29, 0.717) is 50.4 Å². The number of nitrogens with zero attached hydrogens (tertiary/aromatic N) is 1. The highest BCUT2D eigenvalue weighted by molar-refractivity contribution is 5.62. The van der Waals surface area contributed by atoms with Crippen LogP contribution in [0.25, 0.3) is 0 Å². The largest absolute Gasteiger partial charge is 0.504 e. The maximum atomic E-state index is 12.0. The van der Waals surface area contributed by atoms with Crippen molar-refractivity contribution in [3.8, 4) is 11.5 Å². The third-order valence-corrected chi connectivity index (χ3v) is 8.05. The molecule has 6 heteroatoms. The Morgan fingerprint density at radius 1 is 1.19 bits per heavy atom. The molecule has 2 aliphatic heterocycles. The minimum absolute atomic E-state index is 0.0681. The van der Waals surface area contributed by atoms with Gasteiger partial charge in [-0.05, 0) is 37.3 Å². The summed E-state index contributed by atoms with van der Waals surface area (Å²) < 4.78 is 6.03. The van der Waals surface area contributed by atoms with Crippen LogP contribution in [0, 0.1) is 5.92 Å². The van der Waals surface area contributed by atoms with Crippen LogP contribution >= 0.6 is 0 Å². The molecular formula is C20H26NO5+. The van der Waals surface area contributed by atoms with Crippen molar-refractivity contribution in [2.45, 2.75) is 67.8 Å². The number of piperidine rings is 1. The fourth-order valence-electron chi connectivity index (χ4n) is 6.76. The molecule has 1 aromatic rings. The van der Waals surface area contributed by atoms with E-state index in [4.69, 9.17) is 4.74 Å². The summed E-state index contributed by atoms with van der Waals surface area (Å²) in [6, 6.07) is 3.24. The second-order valence-electron chi connectivity index (χ2n) is 9.29. The number of likely N-dealkylation sites (tertiary alicyclic amines) is 1. The van der Waals surface area contributed by atoms with E-state index in [1.807, 2.05) is 6.07 Å². The minimum Gasteiger partial charge on any atom is -0.504 e. The van der Waals surface area contributed by atoms with Crippen molar-refractivity contribution in [1.82, 2.24) is 0 Å². The first kappa shape index (κ1) is 15.7. The van der Waals surface area contributed by atoms with E-state index in [-0.39, 0.29) is 16.4 Å². The molecule has 0 aromatic heterocycles. The summed E-state index contributed by atoms with van der Waals surface area (Å²) in [5.41, 5.74) is 0.0735. The Morgan fingerprint density at radius 3 is 2.77 bits per heavy atom. The van der Waals surface area contributed by atoms with E-state index < -0.39 is 23.2 Å². The molecule has 2 saturated carbocycles. The molecule has 2 heterocycles. The molecule has 5 aliphatic rings. The first-order chi connectivity index (χ1) is 12.4. The summed E-state index contributed by atoms with van der Waals surface area (Å²) in [5.74, 6) is 1.07. The van der Waals surface area contributed by atoms with Gasteiger partial charge in [0, 0.05) is 24.3 Å². The zero-order chi connectivity index (χ0) is 17.9. The maximum Gasteiger partial charge on any atom is 0.165 e. The monoisotopic (exact) mass is 360 g/mol. The first-order valence-electron chi connectivity index (χ1n) is 9.91. The lowest BCUT2D eigenvalue weighted by atomic mass is 9.48. The Balaban J connectivity index is 1.59. The number of rotatable bonds is 2. The highest BCUT2D eigenvalue weighted by atomic mass is 16.6. The lowest BCUT2D eigenvalue weighted by Gasteiger charge is -2.63. The predicted molar refractivity (Wildman–Crippen MR) is 91.0 cm³/mol. The second-order valence-corrected chi connectivity index (χ2v) is 9.29. The highest BCUT2D eigenvalue weighted by Crippen LogP contribution is 2.66. The Labute approximate surface area is 152 Å². The molecule has 6 rings (SSSR count). The Morgan fingerprint density at radius 2 is 2.00 bits per heavy atom. The van der Waals surface area contributed by atoms with Crippen LogP contribution in [0.4, 0.5) is 0 Å². The Hall–Kier alpha value is -1.34. The fourth-order valence-corrected chi connectivity index (χ4v) is 6.76. The second kappa shape index (κ2) is 4.55. The van der Waals surface area contributed by atoms with Crippen molar-refractivity contribution in [3.63, 3.8) is 0 Å². The van der Waals surface area contributed by atoms with Crippen LogP contribution in [-0.4, -0.2) is 62.1 Å². The number of hydroxylamine groups is 3. The molecule has 3 aliphatic carbocycles. The molecule has 2 bridgehead atoms. The number of phenols is 1. The van der Waals surface area contributed by atoms with E-state index >= 15 is 0 Å². The normalized spacial score (nSPS) is 48.0. The topological polar surface area (TPSA) is 90.2 Å². The van der Waals surface area contributed by atoms with Gasteiger partial charge in [-0.25, -0.2) is 5.21 Å². The predicted octanol–water partition coefficient (Wildman–Crippen LogP) is 1.22. The van der Waals surface area contributed by atoms with Crippen molar-refractivity contribution in [2.75, 3.05) is 13.1 Å². The number of aliphatic hydroxyl groups is 2. The van der Waals surface area contributed by atoms with E-state index in [1.54, 1.807) is 6.07 Å². The van der Waals surface area contributed by atoms with Crippen molar-refractivity contribution in [1.29, 1.82) is 0 Å². The van der Waals surface area contributed by atoms with Crippen molar-refractivity contribution < 1.29 is 29.9 Å². The number of hydrogen-bond acceptors (Lipinski definition) is 5. The summed E-state index contributed by atoms with van der Waals surface area (Å²) in [4.78, 5) is 0. The zero-order valence-electron chi connectivity index (χ0n) is 14.8. The van der Waals surface area contributed by atoms with Crippen molar-refractivity contribution >= 4 is 0 Å². The minimum atomic E-state index is -1.12. The summed E-state index contributed by atoms with van der Waals surface area (Å²) >= 11 is 0. The van der Waals surface area contributed by atoms with Gasteiger partial charge in [0.25, 0.3) is 0 Å². The number of phenolic OH excluding ortho intramolecular Hbond substituents is 1. The van der Waals surface area contributed by atoms with Crippen LogP contribution in [0.2, 0.25) is 0 Å². The number of quaternary nitrogens is 1. The zero-order valence-corrected chi connectivity index (χ0v) is 14.8. The van der Waals surface area contributed by atoms with Crippen molar-refractivity contribution in [2.24, 2.45) is 5.92 Å². The number of ether oxygens (including phenoxy) is 1. The molecule has 1 unspecified atom stereocenters. The van der Waals surface area contributed by atoms with Crippen LogP contribution in [0.1, 0.15) is 43.2 Å². The smallest absolute Gasteiger partial charge is 0.165 e. The molecule has 6 nitrogen and oxygen atoms in total. The molecule has 1 spiro atoms. The van der Waals surface area contributed by atoms with E-state index in [2.05, 4.69) is 0 Å². The molecule has 6 atom stereocenters. The number of benzene rings is 1. The van der Waals surface area contributed by atoms with Gasteiger partial charge in [-0.3, -0.25) is 0 Å². The third-order valence-electron chi connectivity index (χ3n) is 8.05. The van der Waals surface area contributed by atoms with Gasteiger partial charge >= 0.3 is 0 Å². The first-order valence-corrected chi connectivity index (χ1v) is 9.91. The van der Waals surface area contributed by atoms with Gasteiger partial charge in [0.1, 0.15) is 24.8 Å². The quantitative estimate of drug-likeness (QED) is 0.596. The Kier molecular flexibility index (Phi) is 2.75. The fraction of sp³-hybridized carbons (Fsp3) is 0.700. The van der Waals surface area contributed by atoms with Crippen molar-refractivity contribution in [3.05, 3.63) is 23.3 Å². The summed E-state index contributed by atoms with van der Waals surface area (Å²) in [5, 5.41) is 44.7. The van der Waals surface area contributed by atoms with Gasteiger partial charge < -0.3 is 20.1 Å². The molecule has 4 N–H and O–H groups in total. The van der Waals surface area contributed by atoms with Crippen LogP contribution in [0.5, 0.6) is 11.5 Å². The maximum absolute atomic E-state index is 12.0. The standard InChI is InChI=1S/C20H25NO5/c22-13-4-3-12-9-15-20(24)6-5-14(23)18-19(20,16(12)17(13)26-18)7-8-21(15,25)10-11-1-2-11/h3-4,11,14-15,18,23-25H,1-2,5-10H2/p+1/t14-,15+,18-,19-,20+,21?/m1/s1. The van der Waals surface area contributed by atoms with Gasteiger partial charge in [-0.2, -0.15) is 4.65 Å². The molecule has 26 heavy (non-hydrogen) atoms. The van der Waals surface area contributed by atoms with E-state index in [0.717, 1.165) is 24.0 Å². The third kappa shape index (κ3) is 1.59. The summed E-state index contributed by atoms with van der Waals surface area (Å²) in [7, 11) is 0. The molecule has 1 saturated heterocycles. The molecule has 3 fully saturated rings. The number of aromatic hydroxyl groups is 1. The van der Waals surface area contributed by atoms with Gasteiger partial charge in [-0.1, -0.05) is 6.07 Å². The summed E-state index contributed by atoms with van der Waals surface area (Å²) in [6.45, 7) is 1.27. The average Bonchev–Trinajstić information content (AvgIpc) is 3.32. The van der Waals surface area contributed by atoms with E-state index in [9.17, 15) is 20.5 Å². The van der Waals surface area contributed by atoms with Crippen LogP contribution in [0.15, 0.2) is 12.1 Å². The lowest BCUT2D eigenvalue weighted by molar-refractivity contribution is -1.13. The molecule has 1 aromatic carbocycles. The molecular weight excluding hydrogens is 334 g/mol. The highest BCUT2D eigenvalue weighted by Gasteiger charge is 2.77. The summed E-state index contributed by atoms with van der Waals surface area (Å²) in [6.07, 6.45) is 3.15. The Bertz CT molecular complexity index is 810. The average molecular weight is 360 g/mol. The van der Waals surface area contributed by atoms with E-state index in [1.165, 1.54) is 0 Å². The number of hydrogen-bond donors (Lipinski definition) is 4. The molecule has 0 radical (unpaired) electrons. The van der Waals surface area contributed by atoms with Gasteiger partial charge in [-0.15, -0.1) is 0 Å². The molecule has 0 amide bonds. The molecule has 140 valence electrons. The lowest BCUT2D eigenvalue weighted by Crippen LogP contribution is -2.81. The van der Waals surface area contributed by atoms with Gasteiger partial charge in [0.15, 0.2) is 17.5 Å². The SMILES string of the molecule is Oc1ccc2c3c1O[C@@H]1[C@H](O)CC[C@]4(O)[C@H](C2)[N+](O)(CC2CC2)CC[C@@]314.